The van der Waals surface area contributed by atoms with E-state index in [1.54, 1.807) is 18.3 Å². The third-order valence-corrected chi connectivity index (χ3v) is 3.76. The number of unbranched alkanes of at least 4 members (excludes halogenated alkanes) is 2. The maximum atomic E-state index is 11.7. The Labute approximate surface area is 96.9 Å². The molecule has 0 fully saturated rings. The highest BCUT2D eigenvalue weighted by molar-refractivity contribution is 7.85. The first-order chi connectivity index (χ1) is 7.25. The van der Waals surface area contributed by atoms with Gasteiger partial charge in [0, 0.05) is 18.6 Å². The highest BCUT2D eigenvalue weighted by Crippen LogP contribution is 2.16. The minimum atomic E-state index is -1.12. The van der Waals surface area contributed by atoms with E-state index in [1.807, 2.05) is 0 Å². The number of pyridine rings is 1. The molecule has 3 nitrogen and oxygen atoms in total. The van der Waals surface area contributed by atoms with Crippen molar-refractivity contribution in [3.63, 3.8) is 0 Å². The summed E-state index contributed by atoms with van der Waals surface area (Å²) in [6, 6.07) is 3.41. The Morgan fingerprint density at radius 3 is 2.87 bits per heavy atom. The Morgan fingerprint density at radius 1 is 1.40 bits per heavy atom. The molecule has 0 spiro atoms. The van der Waals surface area contributed by atoms with Gasteiger partial charge in [-0.05, 0) is 25.0 Å². The van der Waals surface area contributed by atoms with Crippen LogP contribution in [-0.2, 0) is 10.8 Å². The average molecular weight is 248 g/mol. The van der Waals surface area contributed by atoms with E-state index in [9.17, 15) is 4.21 Å². The molecule has 15 heavy (non-hydrogen) atoms. The summed E-state index contributed by atoms with van der Waals surface area (Å²) in [7, 11) is -1.12. The van der Waals surface area contributed by atoms with E-state index < -0.39 is 10.8 Å². The topological polar surface area (TPSA) is 50.2 Å². The van der Waals surface area contributed by atoms with Gasteiger partial charge in [0.25, 0.3) is 0 Å². The van der Waals surface area contributed by atoms with Gasteiger partial charge >= 0.3 is 0 Å². The summed E-state index contributed by atoms with van der Waals surface area (Å²) < 4.78 is 11.7. The number of aliphatic hydroxyl groups is 1. The molecular weight excluding hydrogens is 234 g/mol. The summed E-state index contributed by atoms with van der Waals surface area (Å²) in [5.74, 6) is 0.552. The van der Waals surface area contributed by atoms with Crippen molar-refractivity contribution in [3.8, 4) is 0 Å². The van der Waals surface area contributed by atoms with E-state index in [1.165, 1.54) is 0 Å². The molecule has 5 heteroatoms. The fourth-order valence-electron chi connectivity index (χ4n) is 1.16. The van der Waals surface area contributed by atoms with Crippen LogP contribution in [0.4, 0.5) is 0 Å². The normalized spacial score (nSPS) is 12.7. The van der Waals surface area contributed by atoms with Crippen molar-refractivity contribution in [2.24, 2.45) is 0 Å². The summed E-state index contributed by atoms with van der Waals surface area (Å²) in [5.41, 5.74) is 0. The van der Waals surface area contributed by atoms with Crippen LogP contribution in [0.5, 0.6) is 0 Å². The first kappa shape index (κ1) is 12.6. The lowest BCUT2D eigenvalue weighted by Crippen LogP contribution is -2.01. The van der Waals surface area contributed by atoms with Gasteiger partial charge in [-0.2, -0.15) is 0 Å². The molecular formula is C10H14ClNO2S. The first-order valence-corrected chi connectivity index (χ1v) is 6.55. The zero-order chi connectivity index (χ0) is 11.1. The lowest BCUT2D eigenvalue weighted by molar-refractivity contribution is 0.284. The van der Waals surface area contributed by atoms with E-state index >= 15 is 0 Å². The van der Waals surface area contributed by atoms with Crippen LogP contribution in [0.1, 0.15) is 19.3 Å². The van der Waals surface area contributed by atoms with Gasteiger partial charge in [-0.3, -0.25) is 4.21 Å². The van der Waals surface area contributed by atoms with Crippen molar-refractivity contribution in [2.75, 3.05) is 12.4 Å². The maximum absolute atomic E-state index is 11.7. The quantitative estimate of drug-likeness (QED) is 0.783. The zero-order valence-corrected chi connectivity index (χ0v) is 9.93. The summed E-state index contributed by atoms with van der Waals surface area (Å²) in [4.78, 5) is 4.00. The summed E-state index contributed by atoms with van der Waals surface area (Å²) >= 11 is 5.86. The molecule has 0 radical (unpaired) electrons. The molecule has 1 unspecified atom stereocenters. The third-order valence-electron chi connectivity index (χ3n) is 1.93. The van der Waals surface area contributed by atoms with Gasteiger partial charge < -0.3 is 5.11 Å². The number of nitrogens with zero attached hydrogens (tertiary/aromatic N) is 1. The van der Waals surface area contributed by atoms with Gasteiger partial charge in [-0.15, -0.1) is 0 Å². The van der Waals surface area contributed by atoms with Crippen molar-refractivity contribution >= 4 is 22.4 Å². The van der Waals surface area contributed by atoms with Gasteiger partial charge in [0.2, 0.25) is 0 Å². The van der Waals surface area contributed by atoms with Crippen LogP contribution in [0.25, 0.3) is 0 Å². The van der Waals surface area contributed by atoms with Crippen molar-refractivity contribution in [1.29, 1.82) is 0 Å². The molecule has 0 saturated heterocycles. The molecule has 0 aliphatic carbocycles. The van der Waals surface area contributed by atoms with Crippen LogP contribution >= 0.6 is 11.6 Å². The molecule has 1 heterocycles. The van der Waals surface area contributed by atoms with Crippen molar-refractivity contribution in [3.05, 3.63) is 23.4 Å². The Balaban J connectivity index is 2.44. The molecule has 0 saturated carbocycles. The van der Waals surface area contributed by atoms with Crippen LogP contribution in [0.2, 0.25) is 5.02 Å². The van der Waals surface area contributed by atoms with Gasteiger partial charge in [-0.1, -0.05) is 18.0 Å². The van der Waals surface area contributed by atoms with E-state index in [2.05, 4.69) is 4.98 Å². The minimum absolute atomic E-state index is 0.191. The van der Waals surface area contributed by atoms with Crippen LogP contribution in [0, 0.1) is 0 Å². The molecule has 0 amide bonds. The van der Waals surface area contributed by atoms with E-state index in [0.717, 1.165) is 19.3 Å². The number of aliphatic hydroxyl groups excluding tert-OH is 1. The second-order valence-electron chi connectivity index (χ2n) is 3.12. The van der Waals surface area contributed by atoms with Gasteiger partial charge in [0.1, 0.15) is 5.03 Å². The van der Waals surface area contributed by atoms with Crippen LogP contribution < -0.4 is 0 Å². The van der Waals surface area contributed by atoms with Gasteiger partial charge in [0.15, 0.2) is 0 Å². The lowest BCUT2D eigenvalue weighted by Gasteiger charge is -2.02. The molecule has 0 aliphatic heterocycles. The Morgan fingerprint density at radius 2 is 2.20 bits per heavy atom. The number of halogens is 1. The molecule has 1 aromatic heterocycles. The number of aromatic nitrogens is 1. The average Bonchev–Trinajstić information content (AvgIpc) is 2.25. The smallest absolute Gasteiger partial charge is 0.145 e. The van der Waals surface area contributed by atoms with E-state index in [4.69, 9.17) is 16.7 Å². The highest BCUT2D eigenvalue weighted by atomic mass is 35.5. The van der Waals surface area contributed by atoms with Crippen LogP contribution in [0.15, 0.2) is 23.4 Å². The Hall–Kier alpha value is -0.450. The molecule has 0 aliphatic rings. The monoisotopic (exact) mass is 247 g/mol. The molecule has 1 aromatic rings. The molecule has 1 atom stereocenters. The largest absolute Gasteiger partial charge is 0.396 e. The zero-order valence-electron chi connectivity index (χ0n) is 8.36. The first-order valence-electron chi connectivity index (χ1n) is 4.85. The summed E-state index contributed by atoms with van der Waals surface area (Å²) in [5, 5.41) is 9.50. The maximum Gasteiger partial charge on any atom is 0.145 e. The Kier molecular flexibility index (Phi) is 5.83. The summed E-state index contributed by atoms with van der Waals surface area (Å²) in [6.07, 6.45) is 4.05. The lowest BCUT2D eigenvalue weighted by atomic mass is 10.3. The number of hydrogen-bond donors (Lipinski definition) is 1. The predicted octanol–water partition coefficient (Wildman–Crippen LogP) is 2.01. The SMILES string of the molecule is O=S(CCCCCO)c1ncccc1Cl. The second kappa shape index (κ2) is 6.93. The molecule has 0 aromatic carbocycles. The van der Waals surface area contributed by atoms with E-state index in [-0.39, 0.29) is 6.61 Å². The molecule has 0 bridgehead atoms. The standard InChI is InChI=1S/C10H14ClNO2S/c11-9-5-4-6-12-10(9)15(14)8-3-1-2-7-13/h4-6,13H,1-3,7-8H2. The van der Waals surface area contributed by atoms with E-state index in [0.29, 0.717) is 15.8 Å². The molecule has 1 N–H and O–H groups in total. The second-order valence-corrected chi connectivity index (χ2v) is 5.02. The van der Waals surface area contributed by atoms with Crippen LogP contribution in [-0.4, -0.2) is 26.7 Å². The number of rotatable bonds is 6. The third kappa shape index (κ3) is 4.28. The minimum Gasteiger partial charge on any atom is -0.396 e. The Bertz CT molecular complexity index is 333. The van der Waals surface area contributed by atoms with Crippen molar-refractivity contribution < 1.29 is 9.32 Å². The van der Waals surface area contributed by atoms with Crippen LogP contribution in [0.3, 0.4) is 0 Å². The fraction of sp³-hybridized carbons (Fsp3) is 0.500. The molecule has 1 rings (SSSR count). The summed E-state index contributed by atoms with van der Waals surface area (Å²) in [6.45, 7) is 0.191. The van der Waals surface area contributed by atoms with Crippen molar-refractivity contribution in [2.45, 2.75) is 24.3 Å². The predicted molar refractivity (Wildman–Crippen MR) is 61.5 cm³/mol. The highest BCUT2D eigenvalue weighted by Gasteiger charge is 2.08. The van der Waals surface area contributed by atoms with Gasteiger partial charge in [0.05, 0.1) is 15.8 Å². The van der Waals surface area contributed by atoms with Crippen molar-refractivity contribution in [1.82, 2.24) is 4.98 Å². The number of hydrogen-bond acceptors (Lipinski definition) is 3. The molecule has 84 valence electrons. The fourth-order valence-corrected chi connectivity index (χ4v) is 2.66. The van der Waals surface area contributed by atoms with Gasteiger partial charge in [-0.25, -0.2) is 4.98 Å².